The average Bonchev–Trinajstić information content (AvgIpc) is 3.20. The van der Waals surface area contributed by atoms with Crippen LogP contribution in [0.1, 0.15) is 0 Å². The van der Waals surface area contributed by atoms with Crippen molar-refractivity contribution in [3.63, 3.8) is 0 Å². The smallest absolute Gasteiger partial charge is 0.332 e. The van der Waals surface area contributed by atoms with Crippen LogP contribution in [0.2, 0.25) is 0 Å². The van der Waals surface area contributed by atoms with Gasteiger partial charge in [0.1, 0.15) is 24.2 Å². The van der Waals surface area contributed by atoms with Crippen molar-refractivity contribution in [3.8, 4) is 11.5 Å². The number of aliphatic hydroxyl groups excluding tert-OH is 1. The van der Waals surface area contributed by atoms with Crippen LogP contribution >= 0.6 is 0 Å². The van der Waals surface area contributed by atoms with Crippen molar-refractivity contribution in [1.82, 2.24) is 23.6 Å². The minimum absolute atomic E-state index is 0.0280. The number of anilines is 1. The van der Waals surface area contributed by atoms with Crippen LogP contribution < -0.4 is 25.6 Å². The molecule has 1 aliphatic heterocycles. The molecule has 0 amide bonds. The monoisotopic (exact) mass is 458 g/mol. The Morgan fingerprint density at radius 1 is 1.00 bits per heavy atom. The van der Waals surface area contributed by atoms with Crippen molar-refractivity contribution in [2.75, 3.05) is 51.8 Å². The molecule has 0 aliphatic carbocycles. The molecule has 33 heavy (non-hydrogen) atoms. The van der Waals surface area contributed by atoms with Crippen LogP contribution in [0.5, 0.6) is 11.5 Å². The molecule has 3 aromatic rings. The first kappa shape index (κ1) is 22.9. The summed E-state index contributed by atoms with van der Waals surface area (Å²) in [5.41, 5.74) is -0.285. The van der Waals surface area contributed by atoms with Crippen LogP contribution in [-0.4, -0.2) is 81.7 Å². The van der Waals surface area contributed by atoms with E-state index in [4.69, 9.17) is 9.47 Å². The lowest BCUT2D eigenvalue weighted by molar-refractivity contribution is 0.0935. The first-order valence-corrected chi connectivity index (χ1v) is 10.8. The van der Waals surface area contributed by atoms with E-state index in [9.17, 15) is 14.7 Å². The molecule has 1 N–H and O–H groups in total. The van der Waals surface area contributed by atoms with E-state index in [1.807, 2.05) is 0 Å². The predicted molar refractivity (Wildman–Crippen MR) is 124 cm³/mol. The number of aryl methyl sites for hydroxylation is 1. The van der Waals surface area contributed by atoms with Crippen LogP contribution in [0.25, 0.3) is 11.2 Å². The first-order chi connectivity index (χ1) is 15.8. The quantitative estimate of drug-likeness (QED) is 0.511. The maximum atomic E-state index is 13.0. The number of benzene rings is 1. The van der Waals surface area contributed by atoms with E-state index in [0.29, 0.717) is 23.1 Å². The second-order valence-corrected chi connectivity index (χ2v) is 8.33. The third-order valence-electron chi connectivity index (χ3n) is 6.01. The molecule has 3 heterocycles. The second kappa shape index (κ2) is 9.28. The Morgan fingerprint density at radius 2 is 1.64 bits per heavy atom. The van der Waals surface area contributed by atoms with Crippen LogP contribution in [-0.2, 0) is 20.6 Å². The fourth-order valence-corrected chi connectivity index (χ4v) is 3.98. The molecule has 0 unspecified atom stereocenters. The summed E-state index contributed by atoms with van der Waals surface area (Å²) in [7, 11) is 6.69. The van der Waals surface area contributed by atoms with Gasteiger partial charge in [-0.05, 0) is 31.3 Å². The first-order valence-electron chi connectivity index (χ1n) is 10.8. The topological polar surface area (TPSA) is 107 Å². The van der Waals surface area contributed by atoms with Gasteiger partial charge in [0, 0.05) is 40.3 Å². The zero-order chi connectivity index (χ0) is 23.7. The molecule has 1 saturated heterocycles. The van der Waals surface area contributed by atoms with Gasteiger partial charge >= 0.3 is 5.69 Å². The highest BCUT2D eigenvalue weighted by atomic mass is 16.5. The van der Waals surface area contributed by atoms with Crippen molar-refractivity contribution in [3.05, 3.63) is 45.1 Å². The maximum Gasteiger partial charge on any atom is 0.332 e. The van der Waals surface area contributed by atoms with Crippen molar-refractivity contribution in [2.45, 2.75) is 12.6 Å². The number of nitrogens with zero attached hydrogens (tertiary/aromatic N) is 6. The second-order valence-electron chi connectivity index (χ2n) is 8.33. The lowest BCUT2D eigenvalue weighted by atomic mass is 10.3. The van der Waals surface area contributed by atoms with Gasteiger partial charge in [-0.3, -0.25) is 13.9 Å². The standard InChI is InChI=1S/C22H30N6O5/c1-24-9-11-27(12-10-24)21-23-19-18(20(30)26(3)22(31)25(19)2)28(21)13-15(29)14-33-17-7-5-16(32-4)6-8-17/h5-8,15,29H,9-14H2,1-4H3/t15-/m0/s1. The largest absolute Gasteiger partial charge is 0.497 e. The van der Waals surface area contributed by atoms with E-state index >= 15 is 0 Å². The molecular formula is C22H30N6O5. The normalized spacial score (nSPS) is 15.7. The Kier molecular flexibility index (Phi) is 6.43. The van der Waals surface area contributed by atoms with E-state index in [2.05, 4.69) is 21.8 Å². The summed E-state index contributed by atoms with van der Waals surface area (Å²) in [6, 6.07) is 7.08. The molecule has 11 heteroatoms. The van der Waals surface area contributed by atoms with Gasteiger partial charge < -0.3 is 28.9 Å². The number of methoxy groups -OCH3 is 1. The minimum atomic E-state index is -0.905. The van der Waals surface area contributed by atoms with Crippen molar-refractivity contribution in [1.29, 1.82) is 0 Å². The Hall–Kier alpha value is -3.31. The Labute approximate surface area is 191 Å². The number of aromatic nitrogens is 4. The molecule has 0 radical (unpaired) electrons. The number of imidazole rings is 1. The van der Waals surface area contributed by atoms with Gasteiger partial charge in [-0.2, -0.15) is 4.98 Å². The molecule has 0 bridgehead atoms. The summed E-state index contributed by atoms with van der Waals surface area (Å²) in [4.78, 5) is 34.4. The number of rotatable bonds is 7. The molecule has 2 aromatic heterocycles. The number of ether oxygens (including phenoxy) is 2. The number of hydrogen-bond donors (Lipinski definition) is 1. The number of piperazine rings is 1. The summed E-state index contributed by atoms with van der Waals surface area (Å²) in [5.74, 6) is 1.88. The summed E-state index contributed by atoms with van der Waals surface area (Å²) >= 11 is 0. The van der Waals surface area contributed by atoms with Crippen LogP contribution in [0.15, 0.2) is 33.9 Å². The van der Waals surface area contributed by atoms with E-state index in [1.54, 1.807) is 43.0 Å². The minimum Gasteiger partial charge on any atom is -0.497 e. The summed E-state index contributed by atoms with van der Waals surface area (Å²) in [6.07, 6.45) is -0.905. The summed E-state index contributed by atoms with van der Waals surface area (Å²) in [6.45, 7) is 3.29. The molecule has 0 saturated carbocycles. The SMILES string of the molecule is COc1ccc(OC[C@@H](O)Cn2c(N3CCN(C)CC3)nc3c2c(=O)n(C)c(=O)n3C)cc1. The van der Waals surface area contributed by atoms with Gasteiger partial charge in [0.05, 0.1) is 13.7 Å². The van der Waals surface area contributed by atoms with E-state index in [0.717, 1.165) is 30.7 Å². The van der Waals surface area contributed by atoms with Gasteiger partial charge in [-0.1, -0.05) is 0 Å². The highest BCUT2D eigenvalue weighted by Crippen LogP contribution is 2.22. The summed E-state index contributed by atoms with van der Waals surface area (Å²) < 4.78 is 15.0. The van der Waals surface area contributed by atoms with Crippen molar-refractivity contribution in [2.24, 2.45) is 14.1 Å². The van der Waals surface area contributed by atoms with E-state index in [-0.39, 0.29) is 18.7 Å². The van der Waals surface area contributed by atoms with Crippen molar-refractivity contribution >= 4 is 17.1 Å². The molecule has 0 spiro atoms. The fourth-order valence-electron chi connectivity index (χ4n) is 3.98. The van der Waals surface area contributed by atoms with Gasteiger partial charge in [-0.25, -0.2) is 4.79 Å². The molecule has 1 aliphatic rings. The van der Waals surface area contributed by atoms with Crippen molar-refractivity contribution < 1.29 is 14.6 Å². The van der Waals surface area contributed by atoms with Gasteiger partial charge in [0.2, 0.25) is 5.95 Å². The van der Waals surface area contributed by atoms with E-state index in [1.165, 1.54) is 11.6 Å². The predicted octanol–water partition coefficient (Wildman–Crippen LogP) is -0.366. The zero-order valence-electron chi connectivity index (χ0n) is 19.4. The summed E-state index contributed by atoms with van der Waals surface area (Å²) in [5, 5.41) is 10.8. The Morgan fingerprint density at radius 3 is 2.27 bits per heavy atom. The average molecular weight is 459 g/mol. The number of aliphatic hydroxyl groups is 1. The molecule has 4 rings (SSSR count). The lowest BCUT2D eigenvalue weighted by Gasteiger charge is -2.33. The molecular weight excluding hydrogens is 428 g/mol. The number of hydrogen-bond acceptors (Lipinski definition) is 8. The zero-order valence-corrected chi connectivity index (χ0v) is 19.4. The number of fused-ring (bicyclic) bond motifs is 1. The van der Waals surface area contributed by atoms with Crippen LogP contribution in [0.4, 0.5) is 5.95 Å². The van der Waals surface area contributed by atoms with E-state index < -0.39 is 17.4 Å². The Balaban J connectivity index is 1.65. The third kappa shape index (κ3) is 4.46. The van der Waals surface area contributed by atoms with Crippen LogP contribution in [0, 0.1) is 0 Å². The molecule has 1 fully saturated rings. The highest BCUT2D eigenvalue weighted by molar-refractivity contribution is 5.74. The molecule has 178 valence electrons. The number of likely N-dealkylation sites (N-methyl/N-ethyl adjacent to an activating group) is 1. The maximum absolute atomic E-state index is 13.0. The molecule has 11 nitrogen and oxygen atoms in total. The lowest BCUT2D eigenvalue weighted by Crippen LogP contribution is -2.45. The molecule has 1 atom stereocenters. The van der Waals surface area contributed by atoms with Gasteiger partial charge in [-0.15, -0.1) is 0 Å². The fraction of sp³-hybridized carbons (Fsp3) is 0.500. The van der Waals surface area contributed by atoms with Gasteiger partial charge in [0.25, 0.3) is 5.56 Å². The van der Waals surface area contributed by atoms with Crippen LogP contribution in [0.3, 0.4) is 0 Å². The highest BCUT2D eigenvalue weighted by Gasteiger charge is 2.26. The third-order valence-corrected chi connectivity index (χ3v) is 6.01. The Bertz CT molecular complexity index is 1240. The van der Waals surface area contributed by atoms with Gasteiger partial charge in [0.15, 0.2) is 11.2 Å². The molecule has 1 aromatic carbocycles.